The summed E-state index contributed by atoms with van der Waals surface area (Å²) in [6.45, 7) is 4.91. The van der Waals surface area contributed by atoms with Crippen LogP contribution in [0.3, 0.4) is 0 Å². The number of nitrogens with one attached hydrogen (secondary N) is 3. The predicted molar refractivity (Wildman–Crippen MR) is 74.6 cm³/mol. The Balaban J connectivity index is 2.30. The first-order valence-electron chi connectivity index (χ1n) is 6.36. The molecule has 0 aromatic carbocycles. The maximum Gasteiger partial charge on any atom is 0.271 e. The summed E-state index contributed by atoms with van der Waals surface area (Å²) in [4.78, 5) is 30.9. The number of nitrogens with zero attached hydrogens (tertiary/aromatic N) is 2. The lowest BCUT2D eigenvalue weighted by molar-refractivity contribution is -0.121. The Hall–Kier alpha value is -2.22. The third-order valence-electron chi connectivity index (χ3n) is 2.38. The largest absolute Gasteiger partial charge is 0.356 e. The van der Waals surface area contributed by atoms with E-state index in [1.165, 1.54) is 12.4 Å². The van der Waals surface area contributed by atoms with E-state index in [4.69, 9.17) is 5.84 Å². The van der Waals surface area contributed by atoms with Crippen LogP contribution in [0.15, 0.2) is 12.4 Å². The van der Waals surface area contributed by atoms with E-state index in [9.17, 15) is 9.59 Å². The number of hydrogen-bond donors (Lipinski definition) is 4. The number of aromatic nitrogens is 2. The zero-order valence-electron chi connectivity index (χ0n) is 11.6. The van der Waals surface area contributed by atoms with Crippen molar-refractivity contribution >= 4 is 17.6 Å². The molecule has 1 aromatic rings. The maximum absolute atomic E-state index is 11.7. The summed E-state index contributed by atoms with van der Waals surface area (Å²) in [5.74, 6) is 5.45. The average Bonchev–Trinajstić information content (AvgIpc) is 2.45. The predicted octanol–water partition coefficient (Wildman–Crippen LogP) is -0.346. The molecule has 0 bridgehead atoms. The van der Waals surface area contributed by atoms with E-state index in [0.29, 0.717) is 18.3 Å². The van der Waals surface area contributed by atoms with Gasteiger partial charge in [-0.25, -0.2) is 15.8 Å². The molecule has 110 valence electrons. The Kier molecular flexibility index (Phi) is 6.38. The van der Waals surface area contributed by atoms with Gasteiger partial charge in [0.25, 0.3) is 5.91 Å². The zero-order valence-corrected chi connectivity index (χ0v) is 11.6. The van der Waals surface area contributed by atoms with Crippen LogP contribution in [-0.4, -0.2) is 34.9 Å². The van der Waals surface area contributed by atoms with E-state index in [0.717, 1.165) is 0 Å². The van der Waals surface area contributed by atoms with Crippen molar-refractivity contribution < 1.29 is 9.59 Å². The van der Waals surface area contributed by atoms with Gasteiger partial charge in [-0.15, -0.1) is 0 Å². The van der Waals surface area contributed by atoms with E-state index in [1.54, 1.807) is 0 Å². The molecule has 0 aliphatic heterocycles. The fourth-order valence-corrected chi connectivity index (χ4v) is 1.31. The van der Waals surface area contributed by atoms with Crippen molar-refractivity contribution in [2.24, 2.45) is 11.8 Å². The second kappa shape index (κ2) is 8.05. The Labute approximate surface area is 117 Å². The minimum Gasteiger partial charge on any atom is -0.356 e. The second-order valence-corrected chi connectivity index (χ2v) is 4.64. The second-order valence-electron chi connectivity index (χ2n) is 4.64. The van der Waals surface area contributed by atoms with Crippen LogP contribution in [-0.2, 0) is 4.79 Å². The number of hydrogen-bond acceptors (Lipinski definition) is 6. The van der Waals surface area contributed by atoms with Gasteiger partial charge in [-0.3, -0.25) is 9.59 Å². The molecule has 0 saturated heterocycles. The van der Waals surface area contributed by atoms with Gasteiger partial charge in [0.05, 0.1) is 12.4 Å². The lowest BCUT2D eigenvalue weighted by atomic mass is 10.2. The van der Waals surface area contributed by atoms with Crippen molar-refractivity contribution in [1.29, 1.82) is 0 Å². The molecule has 0 atom stereocenters. The molecular formula is C12H20N6O2. The standard InChI is InChI=1S/C12H20N6O2/c1-8(2)5-17-11(19)3-4-14-12(20)9-6-16-10(18-13)7-15-9/h6-8H,3-5,13H2,1-2H3,(H,14,20)(H,16,18)(H,17,19). The Bertz CT molecular complexity index is 446. The number of nitrogen functional groups attached to an aromatic ring is 1. The third kappa shape index (κ3) is 5.61. The van der Waals surface area contributed by atoms with Crippen LogP contribution in [0.5, 0.6) is 0 Å². The van der Waals surface area contributed by atoms with Crippen molar-refractivity contribution in [3.8, 4) is 0 Å². The number of hydrazine groups is 1. The number of nitrogens with two attached hydrogens (primary N) is 1. The van der Waals surface area contributed by atoms with Gasteiger partial charge in [0.15, 0.2) is 5.82 Å². The SMILES string of the molecule is CC(C)CNC(=O)CCNC(=O)c1cnc(NN)cn1. The highest BCUT2D eigenvalue weighted by Gasteiger charge is 2.08. The van der Waals surface area contributed by atoms with Crippen LogP contribution < -0.4 is 21.9 Å². The van der Waals surface area contributed by atoms with Gasteiger partial charge in [-0.1, -0.05) is 13.8 Å². The van der Waals surface area contributed by atoms with Crippen molar-refractivity contribution in [1.82, 2.24) is 20.6 Å². The summed E-state index contributed by atoms with van der Waals surface area (Å²) >= 11 is 0. The quantitative estimate of drug-likeness (QED) is 0.400. The van der Waals surface area contributed by atoms with Gasteiger partial charge in [-0.05, 0) is 5.92 Å². The highest BCUT2D eigenvalue weighted by molar-refractivity contribution is 5.92. The number of amides is 2. The first-order valence-corrected chi connectivity index (χ1v) is 6.36. The number of rotatable bonds is 7. The van der Waals surface area contributed by atoms with Gasteiger partial charge >= 0.3 is 0 Å². The van der Waals surface area contributed by atoms with Crippen LogP contribution in [0.1, 0.15) is 30.8 Å². The maximum atomic E-state index is 11.7. The van der Waals surface area contributed by atoms with E-state index in [2.05, 4.69) is 26.0 Å². The molecular weight excluding hydrogens is 260 g/mol. The van der Waals surface area contributed by atoms with Gasteiger partial charge < -0.3 is 16.1 Å². The Morgan fingerprint density at radius 2 is 2.00 bits per heavy atom. The topological polar surface area (TPSA) is 122 Å². The highest BCUT2D eigenvalue weighted by atomic mass is 16.2. The molecule has 5 N–H and O–H groups in total. The Morgan fingerprint density at radius 1 is 1.25 bits per heavy atom. The average molecular weight is 280 g/mol. The monoisotopic (exact) mass is 280 g/mol. The smallest absolute Gasteiger partial charge is 0.271 e. The minimum atomic E-state index is -0.377. The minimum absolute atomic E-state index is 0.0900. The van der Waals surface area contributed by atoms with Gasteiger partial charge in [0, 0.05) is 19.5 Å². The van der Waals surface area contributed by atoms with Gasteiger partial charge in [0.1, 0.15) is 5.69 Å². The molecule has 0 aliphatic rings. The molecule has 0 spiro atoms. The molecule has 0 radical (unpaired) electrons. The summed E-state index contributed by atoms with van der Waals surface area (Å²) in [5.41, 5.74) is 2.49. The molecule has 8 nitrogen and oxygen atoms in total. The summed E-state index contributed by atoms with van der Waals surface area (Å²) < 4.78 is 0. The molecule has 1 heterocycles. The zero-order chi connectivity index (χ0) is 15.0. The summed E-state index contributed by atoms with van der Waals surface area (Å²) in [7, 11) is 0. The molecule has 1 aromatic heterocycles. The van der Waals surface area contributed by atoms with E-state index in [1.807, 2.05) is 13.8 Å². The fraction of sp³-hybridized carbons (Fsp3) is 0.500. The van der Waals surface area contributed by atoms with Crippen molar-refractivity contribution in [3.05, 3.63) is 18.1 Å². The van der Waals surface area contributed by atoms with Crippen molar-refractivity contribution in [2.45, 2.75) is 20.3 Å². The molecule has 2 amide bonds. The van der Waals surface area contributed by atoms with Crippen LogP contribution >= 0.6 is 0 Å². The first kappa shape index (κ1) is 15.8. The van der Waals surface area contributed by atoms with Crippen LogP contribution in [0.2, 0.25) is 0 Å². The van der Waals surface area contributed by atoms with Crippen molar-refractivity contribution in [3.63, 3.8) is 0 Å². The third-order valence-corrected chi connectivity index (χ3v) is 2.38. The summed E-state index contributed by atoms with van der Waals surface area (Å²) in [6.07, 6.45) is 2.89. The highest BCUT2D eigenvalue weighted by Crippen LogP contribution is 1.98. The van der Waals surface area contributed by atoms with Crippen LogP contribution in [0.25, 0.3) is 0 Å². The molecule has 20 heavy (non-hydrogen) atoms. The van der Waals surface area contributed by atoms with E-state index in [-0.39, 0.29) is 30.5 Å². The van der Waals surface area contributed by atoms with Crippen LogP contribution in [0, 0.1) is 5.92 Å². The van der Waals surface area contributed by atoms with Gasteiger partial charge in [0.2, 0.25) is 5.91 Å². The molecule has 0 saturated carbocycles. The molecule has 8 heteroatoms. The lowest BCUT2D eigenvalue weighted by Crippen LogP contribution is -2.32. The molecule has 0 fully saturated rings. The summed E-state index contributed by atoms with van der Waals surface area (Å²) in [6, 6.07) is 0. The number of carbonyl (C=O) groups excluding carboxylic acids is 2. The molecule has 1 rings (SSSR count). The van der Waals surface area contributed by atoms with Crippen molar-refractivity contribution in [2.75, 3.05) is 18.5 Å². The molecule has 0 aliphatic carbocycles. The fourth-order valence-electron chi connectivity index (χ4n) is 1.31. The van der Waals surface area contributed by atoms with E-state index >= 15 is 0 Å². The first-order chi connectivity index (χ1) is 9.52. The molecule has 0 unspecified atom stereocenters. The summed E-state index contributed by atoms with van der Waals surface area (Å²) in [5, 5.41) is 5.37. The Morgan fingerprint density at radius 3 is 2.55 bits per heavy atom. The number of carbonyl (C=O) groups is 2. The number of anilines is 1. The van der Waals surface area contributed by atoms with E-state index < -0.39 is 0 Å². The normalized spacial score (nSPS) is 10.2. The van der Waals surface area contributed by atoms with Crippen LogP contribution in [0.4, 0.5) is 5.82 Å². The van der Waals surface area contributed by atoms with Gasteiger partial charge in [-0.2, -0.15) is 0 Å². The lowest BCUT2D eigenvalue weighted by Gasteiger charge is -2.08.